The number of likely N-dealkylation sites (N-methyl/N-ethyl adjacent to an activating group) is 1. The number of hydrogen-bond acceptors (Lipinski definition) is 22. The molecule has 7 rings (SSSR count). The van der Waals surface area contributed by atoms with E-state index in [0.29, 0.717) is 36.8 Å². The minimum Gasteiger partial charge on any atom is -0.462 e. The number of ketones is 2. The molecule has 13 atom stereocenters. The van der Waals surface area contributed by atoms with E-state index in [-0.39, 0.29) is 85.5 Å². The number of ether oxygens (including phenoxy) is 7. The number of nitrogens with one attached hydrogen (secondary N) is 2. The van der Waals surface area contributed by atoms with Crippen molar-refractivity contribution in [1.82, 2.24) is 10.6 Å². The summed E-state index contributed by atoms with van der Waals surface area (Å²) in [6, 6.07) is 22.7. The van der Waals surface area contributed by atoms with Crippen molar-refractivity contribution in [2.24, 2.45) is 22.2 Å². The quantitative estimate of drug-likeness (QED) is 0.00875. The third-order valence-corrected chi connectivity index (χ3v) is 24.8. The lowest BCUT2D eigenvalue weighted by molar-refractivity contribution is -0.870. The fraction of sp³-hybridized carbons (Fsp3) is 0.667. The summed E-state index contributed by atoms with van der Waals surface area (Å²) in [5.74, 6) is -8.84. The number of phosphoric ester groups is 1. The minimum absolute atomic E-state index is 0.0388. The Hall–Kier alpha value is -7.55. The molecule has 2 saturated carbocycles. The molecule has 3 aliphatic carbocycles. The van der Waals surface area contributed by atoms with Crippen LogP contribution in [0.5, 0.6) is 0 Å². The molecule has 650 valence electrons. The van der Waals surface area contributed by atoms with Crippen LogP contribution in [0.25, 0.3) is 0 Å². The largest absolute Gasteiger partial charge is 0.472 e. The van der Waals surface area contributed by atoms with E-state index in [0.717, 1.165) is 77.6 Å². The second-order valence-electron chi connectivity index (χ2n) is 34.3. The van der Waals surface area contributed by atoms with Gasteiger partial charge in [0.2, 0.25) is 12.0 Å². The van der Waals surface area contributed by atoms with Gasteiger partial charge in [0.25, 0.3) is 5.91 Å². The topological polar surface area (TPSA) is 356 Å². The molecule has 26 nitrogen and oxygen atoms in total. The summed E-state index contributed by atoms with van der Waals surface area (Å²) < 4.78 is 66.1. The van der Waals surface area contributed by atoms with Crippen LogP contribution in [0.4, 0.5) is 0 Å². The second kappa shape index (κ2) is 46.9. The van der Waals surface area contributed by atoms with Gasteiger partial charge < -0.3 is 68.2 Å². The normalized spacial score (nSPS) is 23.3. The zero-order chi connectivity index (χ0) is 85.4. The van der Waals surface area contributed by atoms with E-state index >= 15 is 9.59 Å². The SMILES string of the molecule is CCCCCCCCCCCCCCCCC(=O)OC[C@H](COP(=O)(O)OCC[N+](C)(C)C)OC(=O)CCCCCCCCCCCCNC(=O)CCC(=O)O[C@@H](C(=O)O[C@H]1C[C@@]2(O)C(OC(=O)c3ccccc3)C3[C@]4(CC(C)=O)CO[C@@H]4C[C@H](O)[C@@]3(C)C(=O)[C@H](OC(C)=O)C(=C1C)C2(C)C)[C@@H](NC(=O)c1ccccc1)c1ccccc1. The first-order chi connectivity index (χ1) is 55.7. The van der Waals surface area contributed by atoms with Crippen molar-refractivity contribution in [1.29, 1.82) is 0 Å². The van der Waals surface area contributed by atoms with Gasteiger partial charge in [0.05, 0.1) is 64.0 Å². The zero-order valence-corrected chi connectivity index (χ0v) is 71.8. The third-order valence-electron chi connectivity index (χ3n) is 23.8. The van der Waals surface area contributed by atoms with Crippen molar-refractivity contribution in [3.8, 4) is 0 Å². The van der Waals surface area contributed by atoms with Crippen LogP contribution < -0.4 is 10.6 Å². The summed E-state index contributed by atoms with van der Waals surface area (Å²) in [7, 11) is 1.24. The van der Waals surface area contributed by atoms with Gasteiger partial charge in [0.1, 0.15) is 49.4 Å². The van der Waals surface area contributed by atoms with Crippen LogP contribution in [0.15, 0.2) is 102 Å². The van der Waals surface area contributed by atoms with Crippen molar-refractivity contribution in [3.63, 3.8) is 0 Å². The molecule has 0 radical (unpaired) electrons. The molecule has 117 heavy (non-hydrogen) atoms. The highest BCUT2D eigenvalue weighted by atomic mass is 31.2. The van der Waals surface area contributed by atoms with E-state index in [2.05, 4.69) is 17.6 Å². The van der Waals surface area contributed by atoms with Crippen molar-refractivity contribution in [3.05, 3.63) is 119 Å². The number of benzene rings is 3. The summed E-state index contributed by atoms with van der Waals surface area (Å²) >= 11 is 0. The van der Waals surface area contributed by atoms with Crippen LogP contribution >= 0.6 is 7.82 Å². The number of aliphatic hydroxyl groups excluding tert-OH is 1. The Kier molecular flexibility index (Phi) is 38.7. The molecule has 3 fully saturated rings. The number of quaternary nitrogens is 1. The number of carbonyl (C=O) groups excluding carboxylic acids is 10. The van der Waals surface area contributed by atoms with Gasteiger partial charge >= 0.3 is 43.6 Å². The number of rotatable bonds is 53. The maximum atomic E-state index is 16.0. The summed E-state index contributed by atoms with van der Waals surface area (Å²) in [5.41, 5.74) is -6.96. The summed E-state index contributed by atoms with van der Waals surface area (Å²) in [6.07, 6.45) is 12.7. The molecule has 0 aromatic heterocycles. The first-order valence-corrected chi connectivity index (χ1v) is 44.2. The van der Waals surface area contributed by atoms with Crippen LogP contribution in [0.2, 0.25) is 0 Å². The Morgan fingerprint density at radius 3 is 1.68 bits per heavy atom. The standard InChI is InChI=1S/C90H132N3O23P/c1-11-12-13-14-15-16-17-18-19-20-23-26-29-41-50-74(98)108-60-69(61-111-117(106,107)110-56-55-93(8,9)10)113-75(99)51-42-30-27-24-21-22-25-28-31-43-54-91-73(97)52-53-76(100)115-80(78(66-44-35-32-36-45-66)92-84(102)67-46-37-33-38-47-67)86(104)114-70-59-90(105)83(116-85(103)68-48-39-34-40-49-68)81-88(7,71(96)57-72-89(81,62-109-72)58-63(2)94)82(101)79(112-65(4)95)77(64(70)3)87(90,5)6/h32-40,44-49,69-72,78-81,83,96,105H,11-31,41-43,50-62H2,1-10H3,(H2-,91,92,97,102,106,107)/p+1/t69-,70+,71+,72-,78+,79-,80-,81?,83?,88-,89-,90-/m1/s1. The van der Waals surface area contributed by atoms with Gasteiger partial charge in [-0.3, -0.25) is 42.6 Å². The number of hydrogen-bond donors (Lipinski definition) is 5. The molecular weight excluding hydrogens is 1520 g/mol. The predicted molar refractivity (Wildman–Crippen MR) is 438 cm³/mol. The van der Waals surface area contributed by atoms with Crippen LogP contribution in [0, 0.1) is 22.2 Å². The van der Waals surface area contributed by atoms with E-state index < -0.39 is 157 Å². The van der Waals surface area contributed by atoms with Crippen LogP contribution in [-0.4, -0.2) is 188 Å². The maximum Gasteiger partial charge on any atom is 0.472 e. The van der Waals surface area contributed by atoms with Crippen LogP contribution in [0.1, 0.15) is 280 Å². The first kappa shape index (κ1) is 96.6. The molecular formula is C90H133N3O23P+. The number of fused-ring (bicyclic) bond motifs is 5. The number of esters is 6. The van der Waals surface area contributed by atoms with Gasteiger partial charge in [0, 0.05) is 74.3 Å². The molecule has 3 unspecified atom stereocenters. The number of unbranched alkanes of at least 4 members (excludes halogenated alkanes) is 22. The zero-order valence-electron chi connectivity index (χ0n) is 70.9. The molecule has 5 N–H and O–H groups in total. The molecule has 1 heterocycles. The van der Waals surface area contributed by atoms with Crippen LogP contribution in [-0.2, 0) is 85.1 Å². The third kappa shape index (κ3) is 28.6. The Balaban J connectivity index is 0.921. The highest BCUT2D eigenvalue weighted by Gasteiger charge is 2.77. The monoisotopic (exact) mass is 1650 g/mol. The average molecular weight is 1660 g/mol. The molecule has 4 aliphatic rings. The number of phosphoric acid groups is 1. The fourth-order valence-electron chi connectivity index (χ4n) is 17.1. The lowest BCUT2D eigenvalue weighted by atomic mass is 9.41. The van der Waals surface area contributed by atoms with E-state index in [9.17, 15) is 58.0 Å². The van der Waals surface area contributed by atoms with Crippen molar-refractivity contribution < 1.29 is 114 Å². The number of aliphatic hydroxyl groups is 2. The highest BCUT2D eigenvalue weighted by Crippen LogP contribution is 2.67. The molecule has 0 spiro atoms. The van der Waals surface area contributed by atoms with Gasteiger partial charge in [-0.25, -0.2) is 14.2 Å². The summed E-state index contributed by atoms with van der Waals surface area (Å²) in [4.78, 5) is 152. The second-order valence-corrected chi connectivity index (χ2v) is 35.7. The van der Waals surface area contributed by atoms with E-state index in [1.165, 1.54) is 97.1 Å². The van der Waals surface area contributed by atoms with E-state index in [4.69, 9.17) is 42.2 Å². The molecule has 3 aromatic carbocycles. The molecule has 2 amide bonds. The molecule has 27 heteroatoms. The lowest BCUT2D eigenvalue weighted by Gasteiger charge is -2.68. The number of carbonyl (C=O) groups is 10. The van der Waals surface area contributed by atoms with Gasteiger partial charge in [-0.2, -0.15) is 0 Å². The molecule has 3 aromatic rings. The molecule has 1 saturated heterocycles. The van der Waals surface area contributed by atoms with E-state index in [1.54, 1.807) is 92.7 Å². The average Bonchev–Trinajstić information content (AvgIpc) is 0.668. The summed E-state index contributed by atoms with van der Waals surface area (Å²) in [6.45, 7) is 10.6. The number of amides is 2. The number of Topliss-reactive ketones (excluding diaryl/α,β-unsaturated/α-hetero) is 2. The maximum absolute atomic E-state index is 16.0. The van der Waals surface area contributed by atoms with Crippen molar-refractivity contribution in [2.75, 3.05) is 60.7 Å². The van der Waals surface area contributed by atoms with Gasteiger partial charge in [0.15, 0.2) is 18.0 Å². The fourth-order valence-corrected chi connectivity index (χ4v) is 17.8. The van der Waals surface area contributed by atoms with Crippen molar-refractivity contribution in [2.45, 2.75) is 302 Å². The van der Waals surface area contributed by atoms with E-state index in [1.807, 2.05) is 21.1 Å². The first-order valence-electron chi connectivity index (χ1n) is 42.7. The minimum atomic E-state index is -4.50. The Labute approximate surface area is 692 Å². The van der Waals surface area contributed by atoms with Gasteiger partial charge in [-0.15, -0.1) is 0 Å². The lowest BCUT2D eigenvalue weighted by Crippen LogP contribution is -2.78. The van der Waals surface area contributed by atoms with Gasteiger partial charge in [-0.05, 0) is 81.0 Å². The summed E-state index contributed by atoms with van der Waals surface area (Å²) in [5, 5.41) is 32.3. The number of nitrogens with zero attached hydrogens (tertiary/aromatic N) is 1. The predicted octanol–water partition coefficient (Wildman–Crippen LogP) is 14.3. The Morgan fingerprint density at radius 1 is 0.632 bits per heavy atom. The smallest absolute Gasteiger partial charge is 0.462 e. The van der Waals surface area contributed by atoms with Gasteiger partial charge in [-0.1, -0.05) is 222 Å². The van der Waals surface area contributed by atoms with Crippen molar-refractivity contribution >= 4 is 67.0 Å². The van der Waals surface area contributed by atoms with Crippen LogP contribution in [0.3, 0.4) is 0 Å². The molecule has 2 bridgehead atoms. The molecule has 1 aliphatic heterocycles. The Bertz CT molecular complexity index is 3790. The Morgan fingerprint density at radius 2 is 1.15 bits per heavy atom. The highest BCUT2D eigenvalue weighted by molar-refractivity contribution is 7.47.